The van der Waals surface area contributed by atoms with Gasteiger partial charge < -0.3 is 10.2 Å². The van der Waals surface area contributed by atoms with Crippen LogP contribution in [-0.4, -0.2) is 42.2 Å². The number of carbonyl (C=O) groups is 1. The number of aromatic nitrogens is 1. The van der Waals surface area contributed by atoms with Crippen LogP contribution in [0.1, 0.15) is 17.2 Å². The molecule has 1 aromatic heterocycles. The van der Waals surface area contributed by atoms with Crippen molar-refractivity contribution in [3.8, 4) is 0 Å². The minimum absolute atomic E-state index is 0.0470. The number of pyridine rings is 1. The first kappa shape index (κ1) is 17.5. The third-order valence-electron chi connectivity index (χ3n) is 3.60. The van der Waals surface area contributed by atoms with Crippen LogP contribution in [0.2, 0.25) is 0 Å². The van der Waals surface area contributed by atoms with Crippen molar-refractivity contribution >= 4 is 17.7 Å². The van der Waals surface area contributed by atoms with Gasteiger partial charge in [-0.1, -0.05) is 29.8 Å². The van der Waals surface area contributed by atoms with Crippen LogP contribution in [0.5, 0.6) is 0 Å². The number of rotatable bonds is 7. The summed E-state index contributed by atoms with van der Waals surface area (Å²) in [7, 11) is 4.06. The molecule has 0 saturated heterocycles. The van der Waals surface area contributed by atoms with Gasteiger partial charge in [0.15, 0.2) is 0 Å². The molecule has 0 unspecified atom stereocenters. The highest BCUT2D eigenvalue weighted by Crippen LogP contribution is 2.19. The first-order chi connectivity index (χ1) is 11.1. The number of hydrogen-bond acceptors (Lipinski definition) is 4. The van der Waals surface area contributed by atoms with Gasteiger partial charge in [-0.3, -0.25) is 9.78 Å². The zero-order chi connectivity index (χ0) is 16.7. The lowest BCUT2D eigenvalue weighted by Gasteiger charge is -2.25. The van der Waals surface area contributed by atoms with E-state index in [1.54, 1.807) is 12.4 Å². The molecule has 0 fully saturated rings. The monoisotopic (exact) mass is 329 g/mol. The van der Waals surface area contributed by atoms with E-state index < -0.39 is 0 Å². The number of aryl methyl sites for hydroxylation is 1. The quantitative estimate of drug-likeness (QED) is 0.794. The molecule has 5 heteroatoms. The van der Waals surface area contributed by atoms with E-state index in [1.807, 2.05) is 26.2 Å². The molecule has 0 saturated carbocycles. The fourth-order valence-electron chi connectivity index (χ4n) is 2.23. The molecule has 0 aliphatic heterocycles. The van der Waals surface area contributed by atoms with E-state index in [2.05, 4.69) is 46.4 Å². The molecule has 1 N–H and O–H groups in total. The van der Waals surface area contributed by atoms with E-state index >= 15 is 0 Å². The van der Waals surface area contributed by atoms with Gasteiger partial charge in [-0.25, -0.2) is 0 Å². The SMILES string of the molecule is Cc1ccc([C@H](CNC(=O)CSc2ccncc2)N(C)C)cc1. The zero-order valence-electron chi connectivity index (χ0n) is 13.8. The van der Waals surface area contributed by atoms with Crippen molar-refractivity contribution in [2.45, 2.75) is 17.9 Å². The molecule has 0 radical (unpaired) electrons. The number of amides is 1. The maximum Gasteiger partial charge on any atom is 0.230 e. The average molecular weight is 329 g/mol. The molecule has 0 spiro atoms. The van der Waals surface area contributed by atoms with Gasteiger partial charge in [-0.05, 0) is 38.7 Å². The molecule has 1 aromatic carbocycles. The van der Waals surface area contributed by atoms with E-state index in [0.29, 0.717) is 12.3 Å². The lowest BCUT2D eigenvalue weighted by atomic mass is 10.0. The number of carbonyl (C=O) groups excluding carboxylic acids is 1. The van der Waals surface area contributed by atoms with Crippen LogP contribution in [0.4, 0.5) is 0 Å². The molecule has 2 rings (SSSR count). The second-order valence-electron chi connectivity index (χ2n) is 5.67. The van der Waals surface area contributed by atoms with Crippen molar-refractivity contribution in [3.63, 3.8) is 0 Å². The molecule has 4 nitrogen and oxygen atoms in total. The first-order valence-electron chi connectivity index (χ1n) is 7.59. The largest absolute Gasteiger partial charge is 0.353 e. The summed E-state index contributed by atoms with van der Waals surface area (Å²) >= 11 is 1.52. The number of nitrogens with zero attached hydrogens (tertiary/aromatic N) is 2. The van der Waals surface area contributed by atoms with Gasteiger partial charge in [0.05, 0.1) is 11.8 Å². The molecule has 0 aliphatic carbocycles. The van der Waals surface area contributed by atoms with Gasteiger partial charge in [-0.2, -0.15) is 0 Å². The Balaban J connectivity index is 1.86. The summed E-state index contributed by atoms with van der Waals surface area (Å²) in [6.07, 6.45) is 3.47. The van der Waals surface area contributed by atoms with Crippen molar-refractivity contribution in [1.82, 2.24) is 15.2 Å². The molecule has 23 heavy (non-hydrogen) atoms. The minimum atomic E-state index is 0.0470. The molecule has 122 valence electrons. The van der Waals surface area contributed by atoms with Crippen molar-refractivity contribution in [2.24, 2.45) is 0 Å². The normalized spacial score (nSPS) is 12.2. The Bertz CT molecular complexity index is 614. The van der Waals surface area contributed by atoms with E-state index in [-0.39, 0.29) is 11.9 Å². The third kappa shape index (κ3) is 5.69. The summed E-state index contributed by atoms with van der Waals surface area (Å²) in [5.41, 5.74) is 2.45. The molecular formula is C18H23N3OS. The highest BCUT2D eigenvalue weighted by Gasteiger charge is 2.15. The Morgan fingerprint density at radius 1 is 1.17 bits per heavy atom. The summed E-state index contributed by atoms with van der Waals surface area (Å²) in [5.74, 6) is 0.462. The summed E-state index contributed by atoms with van der Waals surface area (Å²) in [6.45, 7) is 2.68. The molecule has 0 aliphatic rings. The third-order valence-corrected chi connectivity index (χ3v) is 4.61. The van der Waals surface area contributed by atoms with Gasteiger partial charge in [0.1, 0.15) is 0 Å². The van der Waals surface area contributed by atoms with Crippen LogP contribution < -0.4 is 5.32 Å². The Hall–Kier alpha value is -1.85. The topological polar surface area (TPSA) is 45.2 Å². The van der Waals surface area contributed by atoms with Crippen molar-refractivity contribution in [3.05, 3.63) is 59.9 Å². The predicted molar refractivity (Wildman–Crippen MR) is 95.6 cm³/mol. The second-order valence-corrected chi connectivity index (χ2v) is 6.71. The van der Waals surface area contributed by atoms with Crippen molar-refractivity contribution in [1.29, 1.82) is 0 Å². The highest BCUT2D eigenvalue weighted by molar-refractivity contribution is 8.00. The van der Waals surface area contributed by atoms with Crippen molar-refractivity contribution < 1.29 is 4.79 Å². The van der Waals surface area contributed by atoms with Crippen LogP contribution in [0, 0.1) is 6.92 Å². The fourth-order valence-corrected chi connectivity index (χ4v) is 2.95. The Morgan fingerprint density at radius 2 is 1.83 bits per heavy atom. The van der Waals surface area contributed by atoms with Gasteiger partial charge in [0.25, 0.3) is 0 Å². The first-order valence-corrected chi connectivity index (χ1v) is 8.57. The molecule has 1 amide bonds. The zero-order valence-corrected chi connectivity index (χ0v) is 14.6. The van der Waals surface area contributed by atoms with Crippen LogP contribution in [0.25, 0.3) is 0 Å². The summed E-state index contributed by atoms with van der Waals surface area (Å²) in [5, 5.41) is 3.03. The number of likely N-dealkylation sites (N-methyl/N-ethyl adjacent to an activating group) is 1. The number of benzene rings is 1. The number of nitrogens with one attached hydrogen (secondary N) is 1. The van der Waals surface area contributed by atoms with Crippen LogP contribution >= 0.6 is 11.8 Å². The molecule has 1 atom stereocenters. The summed E-state index contributed by atoms with van der Waals surface area (Å²) < 4.78 is 0. The van der Waals surface area contributed by atoms with Gasteiger partial charge in [0, 0.05) is 23.8 Å². The molecule has 2 aromatic rings. The highest BCUT2D eigenvalue weighted by atomic mass is 32.2. The second kappa shape index (κ2) is 8.70. The smallest absolute Gasteiger partial charge is 0.230 e. The number of thioether (sulfide) groups is 1. The Labute approximate surface area is 142 Å². The molecule has 1 heterocycles. The molecule has 0 bridgehead atoms. The summed E-state index contributed by atoms with van der Waals surface area (Å²) in [6, 6.07) is 12.4. The van der Waals surface area contributed by atoms with Gasteiger partial charge >= 0.3 is 0 Å². The Kier molecular flexibility index (Phi) is 6.62. The minimum Gasteiger partial charge on any atom is -0.353 e. The summed E-state index contributed by atoms with van der Waals surface area (Å²) in [4.78, 5) is 19.2. The van der Waals surface area contributed by atoms with Crippen LogP contribution in [0.3, 0.4) is 0 Å². The standard InChI is InChI=1S/C18H23N3OS/c1-14-4-6-15(7-5-14)17(21(2)3)12-20-18(22)13-23-16-8-10-19-11-9-16/h4-11,17H,12-13H2,1-3H3,(H,20,22)/t17-/m0/s1. The predicted octanol–water partition coefficient (Wildman–Crippen LogP) is 2.90. The number of hydrogen-bond donors (Lipinski definition) is 1. The van der Waals surface area contributed by atoms with Gasteiger partial charge in [0.2, 0.25) is 5.91 Å². The molecular weight excluding hydrogens is 306 g/mol. The lowest BCUT2D eigenvalue weighted by Crippen LogP contribution is -2.35. The van der Waals surface area contributed by atoms with Crippen LogP contribution in [-0.2, 0) is 4.79 Å². The van der Waals surface area contributed by atoms with E-state index in [4.69, 9.17) is 0 Å². The van der Waals surface area contributed by atoms with E-state index in [1.165, 1.54) is 22.9 Å². The Morgan fingerprint density at radius 3 is 2.43 bits per heavy atom. The van der Waals surface area contributed by atoms with Crippen molar-refractivity contribution in [2.75, 3.05) is 26.4 Å². The fraction of sp³-hybridized carbons (Fsp3) is 0.333. The average Bonchev–Trinajstić information content (AvgIpc) is 2.55. The van der Waals surface area contributed by atoms with Gasteiger partial charge in [-0.15, -0.1) is 11.8 Å². The maximum absolute atomic E-state index is 12.1. The van der Waals surface area contributed by atoms with Crippen LogP contribution in [0.15, 0.2) is 53.7 Å². The van der Waals surface area contributed by atoms with E-state index in [0.717, 1.165) is 4.90 Å². The van der Waals surface area contributed by atoms with E-state index in [9.17, 15) is 4.79 Å². The maximum atomic E-state index is 12.1. The lowest BCUT2D eigenvalue weighted by molar-refractivity contribution is -0.118.